The molecule has 0 aromatic rings. The fourth-order valence-corrected chi connectivity index (χ4v) is 1.71. The number of unbranched alkanes of at least 4 members (excludes halogenated alkanes) is 1. The number of carbonyl (C=O) groups is 2. The number of oxime groups is 1. The van der Waals surface area contributed by atoms with Crippen LogP contribution in [0.1, 0.15) is 53.4 Å². The molecule has 7 nitrogen and oxygen atoms in total. The van der Waals surface area contributed by atoms with Crippen molar-refractivity contribution in [2.75, 3.05) is 12.5 Å². The zero-order valence-corrected chi connectivity index (χ0v) is 15.1. The second-order valence-corrected chi connectivity index (χ2v) is 6.39. The van der Waals surface area contributed by atoms with Crippen LogP contribution in [0.2, 0.25) is 0 Å². The van der Waals surface area contributed by atoms with Gasteiger partial charge in [-0.2, -0.15) is 0 Å². The van der Waals surface area contributed by atoms with Gasteiger partial charge >= 0.3 is 6.09 Å². The molecule has 0 spiro atoms. The lowest BCUT2D eigenvalue weighted by Crippen LogP contribution is -2.46. The maximum atomic E-state index is 11.7. The normalized spacial score (nSPS) is 13.3. The van der Waals surface area contributed by atoms with Gasteiger partial charge < -0.3 is 20.6 Å². The van der Waals surface area contributed by atoms with Gasteiger partial charge in [-0.1, -0.05) is 18.5 Å². The van der Waals surface area contributed by atoms with Gasteiger partial charge in [0.2, 0.25) is 5.91 Å². The zero-order valence-electron chi connectivity index (χ0n) is 14.4. The zero-order chi connectivity index (χ0) is 17.9. The minimum Gasteiger partial charge on any atom is -0.444 e. The lowest BCUT2D eigenvalue weighted by molar-refractivity contribution is -0.120. The summed E-state index contributed by atoms with van der Waals surface area (Å²) < 4.78 is 5.10. The molecule has 0 heterocycles. The highest BCUT2D eigenvalue weighted by Gasteiger charge is 2.23. The van der Waals surface area contributed by atoms with Gasteiger partial charge in [0, 0.05) is 0 Å². The van der Waals surface area contributed by atoms with Crippen LogP contribution >= 0.6 is 11.6 Å². The molecule has 0 fully saturated rings. The smallest absolute Gasteiger partial charge is 0.408 e. The van der Waals surface area contributed by atoms with E-state index in [4.69, 9.17) is 26.9 Å². The third-order valence-electron chi connectivity index (χ3n) is 2.69. The molecule has 0 aromatic heterocycles. The van der Waals surface area contributed by atoms with E-state index in [1.165, 1.54) is 0 Å². The van der Waals surface area contributed by atoms with Crippen molar-refractivity contribution in [3.8, 4) is 0 Å². The molecule has 0 saturated heterocycles. The largest absolute Gasteiger partial charge is 0.444 e. The number of nitrogens with zero attached hydrogens (tertiary/aromatic N) is 1. The fraction of sp³-hybridized carbons (Fsp3) is 0.800. The third-order valence-corrected chi connectivity index (χ3v) is 3.00. The molecular formula is C15H28ClN3O4. The highest BCUT2D eigenvalue weighted by atomic mass is 35.5. The standard InChI is InChI=1S/C15H28ClN3O4/c1-5-6-9-22-19-11(10-16)7-8-12(13(17)20)18-14(21)23-15(2,3)4/h12H,5-10H2,1-4H3,(H2,17,20)(H,18,21)/b19-11+/t12-/m0/s1. The van der Waals surface area contributed by atoms with Crippen LogP contribution in [-0.2, 0) is 14.4 Å². The molecule has 134 valence electrons. The molecular weight excluding hydrogens is 322 g/mol. The van der Waals surface area contributed by atoms with E-state index in [1.54, 1.807) is 20.8 Å². The van der Waals surface area contributed by atoms with Gasteiger partial charge in [0.15, 0.2) is 0 Å². The summed E-state index contributed by atoms with van der Waals surface area (Å²) in [6, 6.07) is -0.853. The van der Waals surface area contributed by atoms with Crippen molar-refractivity contribution in [3.63, 3.8) is 0 Å². The van der Waals surface area contributed by atoms with Gasteiger partial charge in [0.05, 0.1) is 11.6 Å². The number of hydrogen-bond donors (Lipinski definition) is 2. The van der Waals surface area contributed by atoms with Crippen molar-refractivity contribution < 1.29 is 19.2 Å². The predicted molar refractivity (Wildman–Crippen MR) is 90.6 cm³/mol. The quantitative estimate of drug-likeness (QED) is 0.274. The first-order chi connectivity index (χ1) is 10.7. The number of rotatable bonds is 10. The van der Waals surface area contributed by atoms with E-state index >= 15 is 0 Å². The maximum Gasteiger partial charge on any atom is 0.408 e. The topological polar surface area (TPSA) is 103 Å². The van der Waals surface area contributed by atoms with Crippen LogP contribution in [0, 0.1) is 0 Å². The maximum absolute atomic E-state index is 11.7. The van der Waals surface area contributed by atoms with Crippen LogP contribution in [0.25, 0.3) is 0 Å². The molecule has 0 aromatic carbocycles. The Kier molecular flexibility index (Phi) is 10.4. The highest BCUT2D eigenvalue weighted by Crippen LogP contribution is 2.08. The molecule has 2 amide bonds. The molecule has 0 saturated carbocycles. The number of hydrogen-bond acceptors (Lipinski definition) is 5. The van der Waals surface area contributed by atoms with Gasteiger partial charge in [-0.05, 0) is 40.0 Å². The summed E-state index contributed by atoms with van der Waals surface area (Å²) >= 11 is 5.80. The van der Waals surface area contributed by atoms with E-state index in [-0.39, 0.29) is 12.3 Å². The first-order valence-electron chi connectivity index (χ1n) is 7.72. The Labute approximate surface area is 142 Å². The molecule has 8 heteroatoms. The van der Waals surface area contributed by atoms with E-state index in [1.807, 2.05) is 0 Å². The summed E-state index contributed by atoms with van der Waals surface area (Å²) in [5.41, 5.74) is 5.25. The van der Waals surface area contributed by atoms with Crippen molar-refractivity contribution >= 4 is 29.3 Å². The Morgan fingerprint density at radius 2 is 2.00 bits per heavy atom. The van der Waals surface area contributed by atoms with Crippen molar-refractivity contribution in [3.05, 3.63) is 0 Å². The van der Waals surface area contributed by atoms with Crippen molar-refractivity contribution in [1.29, 1.82) is 0 Å². The van der Waals surface area contributed by atoms with E-state index in [0.717, 1.165) is 12.8 Å². The lowest BCUT2D eigenvalue weighted by atomic mass is 10.1. The summed E-state index contributed by atoms with van der Waals surface area (Å²) in [5.74, 6) is -0.457. The number of alkyl carbamates (subject to hydrolysis) is 1. The average molecular weight is 350 g/mol. The number of nitrogens with one attached hydrogen (secondary N) is 1. The number of nitrogens with two attached hydrogens (primary N) is 1. The summed E-state index contributed by atoms with van der Waals surface area (Å²) in [7, 11) is 0. The number of halogens is 1. The van der Waals surface area contributed by atoms with Crippen molar-refractivity contribution in [1.82, 2.24) is 5.32 Å². The van der Waals surface area contributed by atoms with Gasteiger partial charge in [0.25, 0.3) is 0 Å². The Bertz CT molecular complexity index is 408. The number of alkyl halides is 1. The van der Waals surface area contributed by atoms with E-state index in [0.29, 0.717) is 18.7 Å². The molecule has 0 aliphatic carbocycles. The first-order valence-corrected chi connectivity index (χ1v) is 8.25. The molecule has 0 unspecified atom stereocenters. The minimum atomic E-state index is -0.853. The van der Waals surface area contributed by atoms with Crippen molar-refractivity contribution in [2.45, 2.75) is 65.0 Å². The van der Waals surface area contributed by atoms with Gasteiger partial charge in [-0.15, -0.1) is 11.6 Å². The van der Waals surface area contributed by atoms with Crippen LogP contribution in [0.15, 0.2) is 5.16 Å². The van der Waals surface area contributed by atoms with Crippen LogP contribution < -0.4 is 11.1 Å². The molecule has 3 N–H and O–H groups in total. The number of amides is 2. The van der Waals surface area contributed by atoms with Gasteiger partial charge in [-0.3, -0.25) is 4.79 Å². The first kappa shape index (κ1) is 21.5. The lowest BCUT2D eigenvalue weighted by Gasteiger charge is -2.22. The van der Waals surface area contributed by atoms with Crippen molar-refractivity contribution in [2.24, 2.45) is 10.9 Å². The van der Waals surface area contributed by atoms with Crippen LogP contribution in [0.4, 0.5) is 4.79 Å². The Balaban J connectivity index is 4.46. The highest BCUT2D eigenvalue weighted by molar-refractivity contribution is 6.28. The fourth-order valence-electron chi connectivity index (χ4n) is 1.53. The van der Waals surface area contributed by atoms with E-state index in [9.17, 15) is 9.59 Å². The Morgan fingerprint density at radius 1 is 1.35 bits per heavy atom. The number of primary amides is 1. The average Bonchev–Trinajstić information content (AvgIpc) is 2.42. The van der Waals surface area contributed by atoms with Gasteiger partial charge in [-0.25, -0.2) is 4.79 Å². The molecule has 0 aliphatic rings. The van der Waals surface area contributed by atoms with Crippen LogP contribution in [0.5, 0.6) is 0 Å². The number of ether oxygens (including phenoxy) is 1. The monoisotopic (exact) mass is 349 g/mol. The molecule has 0 rings (SSSR count). The molecule has 0 radical (unpaired) electrons. The van der Waals surface area contributed by atoms with Crippen LogP contribution in [-0.4, -0.2) is 41.8 Å². The molecule has 0 bridgehead atoms. The second kappa shape index (κ2) is 11.1. The van der Waals surface area contributed by atoms with E-state index in [2.05, 4.69) is 17.4 Å². The third kappa shape index (κ3) is 11.7. The summed E-state index contributed by atoms with van der Waals surface area (Å²) in [5, 5.41) is 6.39. The molecule has 23 heavy (non-hydrogen) atoms. The van der Waals surface area contributed by atoms with Gasteiger partial charge in [0.1, 0.15) is 18.2 Å². The predicted octanol–water partition coefficient (Wildman–Crippen LogP) is 2.56. The molecule has 0 aliphatic heterocycles. The Morgan fingerprint density at radius 3 is 2.48 bits per heavy atom. The second-order valence-electron chi connectivity index (χ2n) is 6.12. The SMILES string of the molecule is CCCCO/N=C(/CCl)CC[C@H](NC(=O)OC(C)(C)C)C(N)=O. The van der Waals surface area contributed by atoms with E-state index < -0.39 is 23.6 Å². The Hall–Kier alpha value is -1.50. The molecule has 1 atom stereocenters. The van der Waals surface area contributed by atoms with Crippen LogP contribution in [0.3, 0.4) is 0 Å². The summed E-state index contributed by atoms with van der Waals surface area (Å²) in [4.78, 5) is 28.3. The minimum absolute atomic E-state index is 0.185. The number of carbonyl (C=O) groups excluding carboxylic acids is 2. The summed E-state index contributed by atoms with van der Waals surface area (Å²) in [6.45, 7) is 7.77. The summed E-state index contributed by atoms with van der Waals surface area (Å²) in [6.07, 6.45) is 1.89.